The molecule has 0 radical (unpaired) electrons. The minimum Gasteiger partial charge on any atom is -0.493 e. The molecule has 5 rings (SSSR count). The lowest BCUT2D eigenvalue weighted by atomic mass is 10.1. The van der Waals surface area contributed by atoms with Crippen molar-refractivity contribution in [3.05, 3.63) is 65.4 Å². The topological polar surface area (TPSA) is 58.0 Å². The second-order valence-corrected chi connectivity index (χ2v) is 8.57. The van der Waals surface area contributed by atoms with Gasteiger partial charge in [0.2, 0.25) is 5.91 Å². The number of hydrogen-bond donors (Lipinski definition) is 1. The highest BCUT2D eigenvalue weighted by Gasteiger charge is 2.21. The number of rotatable bonds is 6. The molecule has 1 unspecified atom stereocenters. The lowest BCUT2D eigenvalue weighted by molar-refractivity contribution is -0.123. The average Bonchev–Trinajstić information content (AvgIpc) is 3.41. The van der Waals surface area contributed by atoms with Gasteiger partial charge in [0, 0.05) is 44.5 Å². The van der Waals surface area contributed by atoms with Gasteiger partial charge >= 0.3 is 0 Å². The Kier molecular flexibility index (Phi) is 5.66. The molecule has 0 saturated carbocycles. The molecule has 6 nitrogen and oxygen atoms in total. The summed E-state index contributed by atoms with van der Waals surface area (Å²) >= 11 is 0. The lowest BCUT2D eigenvalue weighted by Gasteiger charge is -2.34. The largest absolute Gasteiger partial charge is 0.493 e. The first kappa shape index (κ1) is 20.1. The van der Waals surface area contributed by atoms with Crippen molar-refractivity contribution in [2.75, 3.05) is 39.3 Å². The summed E-state index contributed by atoms with van der Waals surface area (Å²) in [6.45, 7) is 7.90. The van der Waals surface area contributed by atoms with Gasteiger partial charge in [-0.1, -0.05) is 30.3 Å². The number of benzene rings is 2. The molecule has 1 saturated heterocycles. The van der Waals surface area contributed by atoms with Crippen LogP contribution in [0.1, 0.15) is 29.9 Å². The lowest BCUT2D eigenvalue weighted by Crippen LogP contribution is -2.49. The number of nitrogens with one attached hydrogen (secondary N) is 1. The Morgan fingerprint density at radius 1 is 1.06 bits per heavy atom. The number of carbonyl (C=O) groups excluding carboxylic acids is 1. The number of ether oxygens (including phenoxy) is 1. The van der Waals surface area contributed by atoms with Gasteiger partial charge < -0.3 is 14.5 Å². The number of furan rings is 1. The van der Waals surface area contributed by atoms with E-state index in [0.29, 0.717) is 6.54 Å². The third-order valence-corrected chi connectivity index (χ3v) is 6.24. The summed E-state index contributed by atoms with van der Waals surface area (Å²) in [7, 11) is 0. The molecule has 3 heterocycles. The number of carbonyl (C=O) groups is 1. The zero-order valence-corrected chi connectivity index (χ0v) is 18.0. The Balaban J connectivity index is 1.09. The normalized spacial score (nSPS) is 18.0. The van der Waals surface area contributed by atoms with E-state index in [1.54, 1.807) is 0 Å². The van der Waals surface area contributed by atoms with E-state index in [-0.39, 0.29) is 11.9 Å². The van der Waals surface area contributed by atoms with Gasteiger partial charge in [-0.2, -0.15) is 0 Å². The molecule has 3 aromatic rings. The summed E-state index contributed by atoms with van der Waals surface area (Å²) in [5.41, 5.74) is 3.52. The zero-order chi connectivity index (χ0) is 21.2. The van der Waals surface area contributed by atoms with Gasteiger partial charge in [-0.05, 0) is 36.2 Å². The van der Waals surface area contributed by atoms with E-state index in [1.165, 1.54) is 11.1 Å². The fourth-order valence-electron chi connectivity index (χ4n) is 4.48. The number of hydrogen-bond acceptors (Lipinski definition) is 5. The van der Waals surface area contributed by atoms with Gasteiger partial charge in [0.1, 0.15) is 17.1 Å². The predicted octanol–water partition coefficient (Wildman–Crippen LogP) is 3.36. The highest BCUT2D eigenvalue weighted by atomic mass is 16.5. The average molecular weight is 420 g/mol. The van der Waals surface area contributed by atoms with Crippen LogP contribution in [0.15, 0.2) is 52.9 Å². The quantitative estimate of drug-likeness (QED) is 0.664. The van der Waals surface area contributed by atoms with Crippen molar-refractivity contribution in [1.29, 1.82) is 0 Å². The van der Waals surface area contributed by atoms with Crippen molar-refractivity contribution in [1.82, 2.24) is 15.1 Å². The molecular weight excluding hydrogens is 390 g/mol. The van der Waals surface area contributed by atoms with E-state index in [9.17, 15) is 4.79 Å². The highest BCUT2D eigenvalue weighted by molar-refractivity contribution is 5.80. The third kappa shape index (κ3) is 4.60. The molecule has 2 aromatic carbocycles. The van der Waals surface area contributed by atoms with Crippen LogP contribution in [0, 0.1) is 0 Å². The molecule has 6 heteroatoms. The van der Waals surface area contributed by atoms with E-state index in [4.69, 9.17) is 9.15 Å². The maximum atomic E-state index is 12.6. The summed E-state index contributed by atoms with van der Waals surface area (Å²) in [5, 5.41) is 4.14. The monoisotopic (exact) mass is 419 g/mol. The molecule has 2 aliphatic rings. The summed E-state index contributed by atoms with van der Waals surface area (Å²) in [6, 6.07) is 16.3. The molecule has 1 atom stereocenters. The molecule has 0 spiro atoms. The van der Waals surface area contributed by atoms with Crippen LogP contribution in [0.3, 0.4) is 0 Å². The molecule has 162 valence electrons. The summed E-state index contributed by atoms with van der Waals surface area (Å²) in [6.07, 6.45) is 1.01. The Labute approximate surface area is 182 Å². The predicted molar refractivity (Wildman–Crippen MR) is 120 cm³/mol. The molecule has 1 N–H and O–H groups in total. The summed E-state index contributed by atoms with van der Waals surface area (Å²) in [4.78, 5) is 17.3. The van der Waals surface area contributed by atoms with Crippen LogP contribution in [0.25, 0.3) is 11.0 Å². The molecule has 0 aliphatic carbocycles. The van der Waals surface area contributed by atoms with Crippen molar-refractivity contribution >= 4 is 16.9 Å². The fourth-order valence-corrected chi connectivity index (χ4v) is 4.48. The van der Waals surface area contributed by atoms with Crippen molar-refractivity contribution in [2.45, 2.75) is 25.9 Å². The number of para-hydroxylation sites is 1. The Morgan fingerprint density at radius 3 is 2.71 bits per heavy atom. The van der Waals surface area contributed by atoms with E-state index < -0.39 is 0 Å². The van der Waals surface area contributed by atoms with Crippen LogP contribution in [0.5, 0.6) is 5.75 Å². The van der Waals surface area contributed by atoms with Crippen LogP contribution >= 0.6 is 0 Å². The first-order valence-corrected chi connectivity index (χ1v) is 11.1. The van der Waals surface area contributed by atoms with Crippen molar-refractivity contribution < 1.29 is 13.9 Å². The van der Waals surface area contributed by atoms with E-state index in [0.717, 1.165) is 68.2 Å². The Hall–Kier alpha value is -2.83. The molecular formula is C25H29N3O3. The van der Waals surface area contributed by atoms with Gasteiger partial charge in [0.25, 0.3) is 0 Å². The van der Waals surface area contributed by atoms with Crippen LogP contribution in [-0.2, 0) is 17.8 Å². The molecule has 1 aromatic heterocycles. The maximum absolute atomic E-state index is 12.6. The third-order valence-electron chi connectivity index (χ3n) is 6.24. The van der Waals surface area contributed by atoms with Crippen molar-refractivity contribution in [3.8, 4) is 5.75 Å². The minimum absolute atomic E-state index is 0.0417. The minimum atomic E-state index is -0.148. The number of nitrogens with zero attached hydrogens (tertiary/aromatic N) is 2. The molecule has 2 aliphatic heterocycles. The Bertz CT molecular complexity index is 1040. The van der Waals surface area contributed by atoms with Crippen LogP contribution in [-0.4, -0.2) is 55.0 Å². The van der Waals surface area contributed by atoms with E-state index in [1.807, 2.05) is 37.3 Å². The van der Waals surface area contributed by atoms with Crippen molar-refractivity contribution in [3.63, 3.8) is 0 Å². The van der Waals surface area contributed by atoms with E-state index in [2.05, 4.69) is 33.3 Å². The van der Waals surface area contributed by atoms with Crippen LogP contribution < -0.4 is 10.1 Å². The second kappa shape index (κ2) is 8.73. The summed E-state index contributed by atoms with van der Waals surface area (Å²) in [5.74, 6) is 1.87. The van der Waals surface area contributed by atoms with Gasteiger partial charge in [-0.15, -0.1) is 0 Å². The van der Waals surface area contributed by atoms with Gasteiger partial charge in [-0.3, -0.25) is 14.6 Å². The molecule has 31 heavy (non-hydrogen) atoms. The summed E-state index contributed by atoms with van der Waals surface area (Å²) < 4.78 is 11.5. The zero-order valence-electron chi connectivity index (χ0n) is 18.0. The van der Waals surface area contributed by atoms with Gasteiger partial charge in [-0.25, -0.2) is 0 Å². The van der Waals surface area contributed by atoms with Crippen LogP contribution in [0.2, 0.25) is 0 Å². The van der Waals surface area contributed by atoms with E-state index >= 15 is 0 Å². The highest BCUT2D eigenvalue weighted by Crippen LogP contribution is 2.26. The first-order chi connectivity index (χ1) is 15.1. The number of piperazine rings is 1. The molecule has 1 fully saturated rings. The number of amides is 1. The molecule has 0 bridgehead atoms. The maximum Gasteiger partial charge on any atom is 0.234 e. The number of fused-ring (bicyclic) bond motifs is 2. The SMILES string of the molecule is CC(NC(=O)CN1CCN(Cc2ccc3c(c2)CCO3)CC1)c1cc2ccccc2o1. The standard InChI is InChI=1S/C25H29N3O3/c1-18(24-15-20-4-2-3-5-23(20)31-24)26-25(29)17-28-11-9-27(10-12-28)16-19-6-7-22-21(14-19)8-13-30-22/h2-7,14-15,18H,8-13,16-17H2,1H3,(H,26,29). The van der Waals surface area contributed by atoms with Crippen molar-refractivity contribution in [2.24, 2.45) is 0 Å². The first-order valence-electron chi connectivity index (χ1n) is 11.1. The molecule has 1 amide bonds. The fraction of sp³-hybridized carbons (Fsp3) is 0.400. The van der Waals surface area contributed by atoms with Gasteiger partial charge in [0.15, 0.2) is 0 Å². The Morgan fingerprint density at radius 2 is 1.87 bits per heavy atom. The van der Waals surface area contributed by atoms with Gasteiger partial charge in [0.05, 0.1) is 19.2 Å². The second-order valence-electron chi connectivity index (χ2n) is 8.57. The van der Waals surface area contributed by atoms with Crippen LogP contribution in [0.4, 0.5) is 0 Å². The smallest absolute Gasteiger partial charge is 0.234 e.